The molecule has 19 heavy (non-hydrogen) atoms. The Morgan fingerprint density at radius 1 is 1.21 bits per heavy atom. The lowest BCUT2D eigenvalue weighted by Crippen LogP contribution is -2.42. The monoisotopic (exact) mass is 280 g/mol. The summed E-state index contributed by atoms with van der Waals surface area (Å²) in [6.07, 6.45) is -0.125. The molecule has 0 amide bonds. The van der Waals surface area contributed by atoms with Crippen LogP contribution in [0.2, 0.25) is 0 Å². The predicted molar refractivity (Wildman–Crippen MR) is 71.9 cm³/mol. The standard InChI is InChI=1S/C14H27F3N2/c1-13(2,7-8-18)6-4-10-19-9-3-5-12(11-19)14(15,16)17/h12H,3-11,18H2,1-2H3. The van der Waals surface area contributed by atoms with E-state index in [9.17, 15) is 13.2 Å². The van der Waals surface area contributed by atoms with Crippen LogP contribution in [0.4, 0.5) is 13.2 Å². The summed E-state index contributed by atoms with van der Waals surface area (Å²) in [7, 11) is 0. The molecule has 0 saturated carbocycles. The molecule has 1 saturated heterocycles. The predicted octanol–water partition coefficient (Wildman–Crippen LogP) is 3.42. The first-order valence-corrected chi connectivity index (χ1v) is 7.24. The van der Waals surface area contributed by atoms with Gasteiger partial charge in [-0.1, -0.05) is 13.8 Å². The molecule has 0 aromatic rings. The second-order valence-electron chi connectivity index (χ2n) is 6.49. The van der Waals surface area contributed by atoms with E-state index in [4.69, 9.17) is 5.73 Å². The Labute approximate surface area is 114 Å². The Balaban J connectivity index is 2.30. The van der Waals surface area contributed by atoms with Gasteiger partial charge in [0.05, 0.1) is 5.92 Å². The van der Waals surface area contributed by atoms with E-state index in [1.807, 2.05) is 4.90 Å². The van der Waals surface area contributed by atoms with Crippen molar-refractivity contribution >= 4 is 0 Å². The van der Waals surface area contributed by atoms with E-state index in [1.165, 1.54) is 0 Å². The van der Waals surface area contributed by atoms with Gasteiger partial charge in [-0.25, -0.2) is 0 Å². The lowest BCUT2D eigenvalue weighted by Gasteiger charge is -2.34. The van der Waals surface area contributed by atoms with Gasteiger partial charge in [-0.3, -0.25) is 0 Å². The van der Waals surface area contributed by atoms with Gasteiger partial charge in [0.15, 0.2) is 0 Å². The molecule has 1 unspecified atom stereocenters. The number of halogens is 3. The number of nitrogens with two attached hydrogens (primary N) is 1. The van der Waals surface area contributed by atoms with Crippen molar-refractivity contribution < 1.29 is 13.2 Å². The fourth-order valence-corrected chi connectivity index (χ4v) is 2.82. The first kappa shape index (κ1) is 16.8. The molecule has 1 atom stereocenters. The minimum absolute atomic E-state index is 0.181. The Morgan fingerprint density at radius 2 is 1.89 bits per heavy atom. The molecule has 0 bridgehead atoms. The molecule has 1 aliphatic rings. The summed E-state index contributed by atoms with van der Waals surface area (Å²) in [5.41, 5.74) is 5.76. The van der Waals surface area contributed by atoms with Crippen molar-refractivity contribution in [1.82, 2.24) is 4.90 Å². The number of alkyl halides is 3. The van der Waals surface area contributed by atoms with Crippen LogP contribution in [0.25, 0.3) is 0 Å². The van der Waals surface area contributed by atoms with Gasteiger partial charge in [0.2, 0.25) is 0 Å². The summed E-state index contributed by atoms with van der Waals surface area (Å²) < 4.78 is 38.1. The molecular formula is C14H27F3N2. The van der Waals surface area contributed by atoms with Gasteiger partial charge in [0.25, 0.3) is 0 Å². The van der Waals surface area contributed by atoms with E-state index in [0.717, 1.165) is 32.4 Å². The van der Waals surface area contributed by atoms with Gasteiger partial charge < -0.3 is 10.6 Å². The minimum Gasteiger partial charge on any atom is -0.330 e. The average Bonchev–Trinajstić information content (AvgIpc) is 2.28. The van der Waals surface area contributed by atoms with Crippen LogP contribution in [0.3, 0.4) is 0 Å². The van der Waals surface area contributed by atoms with Gasteiger partial charge in [-0.15, -0.1) is 0 Å². The fourth-order valence-electron chi connectivity index (χ4n) is 2.82. The quantitative estimate of drug-likeness (QED) is 0.808. The van der Waals surface area contributed by atoms with E-state index in [1.54, 1.807) is 0 Å². The fraction of sp³-hybridized carbons (Fsp3) is 1.00. The zero-order valence-electron chi connectivity index (χ0n) is 12.1. The topological polar surface area (TPSA) is 29.3 Å². The number of nitrogens with zero attached hydrogens (tertiary/aromatic N) is 1. The smallest absolute Gasteiger partial charge is 0.330 e. The van der Waals surface area contributed by atoms with Crippen LogP contribution in [0, 0.1) is 11.3 Å². The molecule has 0 aliphatic carbocycles. The Morgan fingerprint density at radius 3 is 2.47 bits per heavy atom. The van der Waals surface area contributed by atoms with Crippen LogP contribution in [0.1, 0.15) is 46.0 Å². The zero-order chi connectivity index (χ0) is 14.5. The number of piperidine rings is 1. The first-order chi connectivity index (χ1) is 8.74. The van der Waals surface area contributed by atoms with Crippen molar-refractivity contribution in [2.75, 3.05) is 26.2 Å². The third kappa shape index (κ3) is 6.13. The Kier molecular flexibility index (Phi) is 6.12. The highest BCUT2D eigenvalue weighted by Crippen LogP contribution is 2.33. The highest BCUT2D eigenvalue weighted by Gasteiger charge is 2.41. The SMILES string of the molecule is CC(C)(CCN)CCCN1CCCC(C(F)(F)F)C1. The molecular weight excluding hydrogens is 253 g/mol. The molecule has 114 valence electrons. The maximum absolute atomic E-state index is 12.7. The summed E-state index contributed by atoms with van der Waals surface area (Å²) in [6.45, 7) is 6.79. The maximum Gasteiger partial charge on any atom is 0.393 e. The van der Waals surface area contributed by atoms with Gasteiger partial charge in [-0.05, 0) is 57.2 Å². The normalized spacial score (nSPS) is 22.7. The summed E-state index contributed by atoms with van der Waals surface area (Å²) in [6, 6.07) is 0. The summed E-state index contributed by atoms with van der Waals surface area (Å²) in [5.74, 6) is -1.13. The van der Waals surface area contributed by atoms with E-state index in [0.29, 0.717) is 19.4 Å². The molecule has 5 heteroatoms. The number of likely N-dealkylation sites (tertiary alicyclic amines) is 1. The highest BCUT2D eigenvalue weighted by molar-refractivity contribution is 4.78. The summed E-state index contributed by atoms with van der Waals surface area (Å²) in [5, 5.41) is 0. The van der Waals surface area contributed by atoms with Gasteiger partial charge in [0, 0.05) is 6.54 Å². The second-order valence-corrected chi connectivity index (χ2v) is 6.49. The van der Waals surface area contributed by atoms with E-state index >= 15 is 0 Å². The molecule has 1 rings (SSSR count). The van der Waals surface area contributed by atoms with Gasteiger partial charge >= 0.3 is 6.18 Å². The molecule has 0 spiro atoms. The van der Waals surface area contributed by atoms with Crippen molar-refractivity contribution in [3.63, 3.8) is 0 Å². The van der Waals surface area contributed by atoms with Crippen LogP contribution >= 0.6 is 0 Å². The number of hydrogen-bond donors (Lipinski definition) is 1. The highest BCUT2D eigenvalue weighted by atomic mass is 19.4. The first-order valence-electron chi connectivity index (χ1n) is 7.24. The lowest BCUT2D eigenvalue weighted by atomic mass is 9.84. The van der Waals surface area contributed by atoms with Crippen LogP contribution in [0.15, 0.2) is 0 Å². The minimum atomic E-state index is -4.03. The molecule has 0 aromatic heterocycles. The van der Waals surface area contributed by atoms with E-state index < -0.39 is 12.1 Å². The van der Waals surface area contributed by atoms with Crippen LogP contribution in [-0.4, -0.2) is 37.3 Å². The Hall–Kier alpha value is -0.290. The Bertz CT molecular complexity index is 264. The van der Waals surface area contributed by atoms with Gasteiger partial charge in [-0.2, -0.15) is 13.2 Å². The molecule has 2 N–H and O–H groups in total. The zero-order valence-corrected chi connectivity index (χ0v) is 12.1. The third-order valence-electron chi connectivity index (χ3n) is 4.12. The van der Waals surface area contributed by atoms with Crippen molar-refractivity contribution in [3.8, 4) is 0 Å². The number of hydrogen-bond acceptors (Lipinski definition) is 2. The lowest BCUT2D eigenvalue weighted by molar-refractivity contribution is -0.186. The van der Waals surface area contributed by atoms with Crippen molar-refractivity contribution in [2.45, 2.75) is 52.1 Å². The summed E-state index contributed by atoms with van der Waals surface area (Å²) >= 11 is 0. The van der Waals surface area contributed by atoms with Crippen LogP contribution in [-0.2, 0) is 0 Å². The largest absolute Gasteiger partial charge is 0.393 e. The second kappa shape index (κ2) is 6.93. The van der Waals surface area contributed by atoms with Crippen molar-refractivity contribution in [1.29, 1.82) is 0 Å². The van der Waals surface area contributed by atoms with Crippen molar-refractivity contribution in [2.24, 2.45) is 17.1 Å². The molecule has 1 heterocycles. The van der Waals surface area contributed by atoms with Crippen molar-refractivity contribution in [3.05, 3.63) is 0 Å². The van der Waals surface area contributed by atoms with Crippen LogP contribution < -0.4 is 5.73 Å². The average molecular weight is 280 g/mol. The van der Waals surface area contributed by atoms with E-state index in [-0.39, 0.29) is 12.0 Å². The van der Waals surface area contributed by atoms with Gasteiger partial charge in [0.1, 0.15) is 0 Å². The molecule has 0 aromatic carbocycles. The molecule has 2 nitrogen and oxygen atoms in total. The number of rotatable bonds is 6. The summed E-state index contributed by atoms with van der Waals surface area (Å²) in [4.78, 5) is 1.97. The van der Waals surface area contributed by atoms with E-state index in [2.05, 4.69) is 13.8 Å². The molecule has 1 aliphatic heterocycles. The molecule has 0 radical (unpaired) electrons. The van der Waals surface area contributed by atoms with Crippen LogP contribution in [0.5, 0.6) is 0 Å². The molecule has 1 fully saturated rings. The third-order valence-corrected chi connectivity index (χ3v) is 4.12. The maximum atomic E-state index is 12.7.